The van der Waals surface area contributed by atoms with E-state index in [-0.39, 0.29) is 5.91 Å². The van der Waals surface area contributed by atoms with Gasteiger partial charge < -0.3 is 11.1 Å². The Morgan fingerprint density at radius 3 is 2.62 bits per heavy atom. The summed E-state index contributed by atoms with van der Waals surface area (Å²) in [6.07, 6.45) is 6.56. The molecule has 0 radical (unpaired) electrons. The molecule has 0 saturated heterocycles. The Labute approximate surface area is 124 Å². The smallest absolute Gasteiger partial charge is 0.231 e. The first-order valence-electron chi connectivity index (χ1n) is 7.13. The number of hydrogen-bond acceptors (Lipinski definition) is 4. The number of carbonyl (C=O) groups excluding carboxylic acids is 1. The van der Waals surface area contributed by atoms with E-state index in [9.17, 15) is 4.79 Å². The van der Waals surface area contributed by atoms with Crippen molar-refractivity contribution in [1.82, 2.24) is 14.8 Å². The fourth-order valence-electron chi connectivity index (χ4n) is 2.22. The van der Waals surface area contributed by atoms with Gasteiger partial charge in [0.25, 0.3) is 0 Å². The molecule has 3 N–H and O–H groups in total. The van der Waals surface area contributed by atoms with Gasteiger partial charge in [-0.2, -0.15) is 5.10 Å². The third-order valence-electron chi connectivity index (χ3n) is 3.97. The number of amides is 1. The lowest BCUT2D eigenvalue weighted by atomic mass is 9.81. The molecule has 0 saturated carbocycles. The molecule has 0 fully saturated rings. The number of nitrogens with one attached hydrogen (secondary N) is 1. The normalized spacial score (nSPS) is 11.4. The zero-order chi connectivity index (χ0) is 15.3. The van der Waals surface area contributed by atoms with E-state index in [4.69, 9.17) is 5.73 Å². The van der Waals surface area contributed by atoms with Crippen molar-refractivity contribution in [2.24, 2.45) is 11.1 Å². The number of rotatable bonds is 6. The van der Waals surface area contributed by atoms with Gasteiger partial charge in [0.05, 0.1) is 17.3 Å². The molecular weight excluding hydrogens is 266 g/mol. The Morgan fingerprint density at radius 1 is 1.38 bits per heavy atom. The number of nitrogens with two attached hydrogens (primary N) is 1. The highest BCUT2D eigenvalue weighted by molar-refractivity contribution is 5.95. The van der Waals surface area contributed by atoms with E-state index >= 15 is 0 Å². The van der Waals surface area contributed by atoms with Gasteiger partial charge in [-0.25, -0.2) is 9.67 Å². The third kappa shape index (κ3) is 3.11. The Kier molecular flexibility index (Phi) is 4.70. The van der Waals surface area contributed by atoms with Gasteiger partial charge in [0.2, 0.25) is 5.91 Å². The lowest BCUT2D eigenvalue weighted by Gasteiger charge is -2.28. The molecule has 21 heavy (non-hydrogen) atoms. The molecule has 0 aromatic carbocycles. The summed E-state index contributed by atoms with van der Waals surface area (Å²) in [5.74, 6) is 0.651. The van der Waals surface area contributed by atoms with Gasteiger partial charge in [0, 0.05) is 18.9 Å². The third-order valence-corrected chi connectivity index (χ3v) is 3.97. The summed E-state index contributed by atoms with van der Waals surface area (Å²) in [7, 11) is 0. The Bertz CT molecular complexity index is 564. The molecule has 0 aliphatic carbocycles. The highest BCUT2D eigenvalue weighted by Gasteiger charge is 2.33. The summed E-state index contributed by atoms with van der Waals surface area (Å²) in [5, 5.41) is 7.00. The molecule has 2 heterocycles. The Morgan fingerprint density at radius 2 is 2.14 bits per heavy atom. The van der Waals surface area contributed by atoms with Crippen LogP contribution in [0.15, 0.2) is 36.8 Å². The van der Waals surface area contributed by atoms with Crippen LogP contribution >= 0.6 is 0 Å². The van der Waals surface area contributed by atoms with Gasteiger partial charge in [-0.3, -0.25) is 4.79 Å². The maximum atomic E-state index is 12.4. The molecule has 112 valence electrons. The molecule has 2 aromatic heterocycles. The zero-order valence-corrected chi connectivity index (χ0v) is 12.4. The summed E-state index contributed by atoms with van der Waals surface area (Å²) in [5.41, 5.74) is 5.93. The fourth-order valence-corrected chi connectivity index (χ4v) is 2.22. The van der Waals surface area contributed by atoms with Crippen LogP contribution in [-0.2, 0) is 4.79 Å². The summed E-state index contributed by atoms with van der Waals surface area (Å²) >= 11 is 0. The minimum Gasteiger partial charge on any atom is -0.329 e. The summed E-state index contributed by atoms with van der Waals surface area (Å²) < 4.78 is 1.66. The van der Waals surface area contributed by atoms with Crippen LogP contribution in [0.25, 0.3) is 5.82 Å². The van der Waals surface area contributed by atoms with Crippen molar-refractivity contribution in [2.75, 3.05) is 11.9 Å². The SMILES string of the molecule is CCC(CC)(CN)C(=O)Nc1ccc(-n2cccn2)nc1. The summed E-state index contributed by atoms with van der Waals surface area (Å²) in [6, 6.07) is 5.45. The van der Waals surface area contributed by atoms with Crippen molar-refractivity contribution in [3.8, 4) is 5.82 Å². The van der Waals surface area contributed by atoms with E-state index < -0.39 is 5.41 Å². The highest BCUT2D eigenvalue weighted by atomic mass is 16.2. The average Bonchev–Trinajstić information content (AvgIpc) is 3.05. The lowest BCUT2D eigenvalue weighted by Crippen LogP contribution is -2.41. The molecule has 0 spiro atoms. The Hall–Kier alpha value is -2.21. The lowest BCUT2D eigenvalue weighted by molar-refractivity contribution is -0.125. The predicted octanol–water partition coefficient (Wildman–Crippen LogP) is 1.97. The largest absolute Gasteiger partial charge is 0.329 e. The van der Waals surface area contributed by atoms with Crippen LogP contribution in [0.4, 0.5) is 5.69 Å². The van der Waals surface area contributed by atoms with Crippen LogP contribution in [0.5, 0.6) is 0 Å². The first-order chi connectivity index (χ1) is 10.1. The molecule has 2 aromatic rings. The number of pyridine rings is 1. The van der Waals surface area contributed by atoms with Crippen molar-refractivity contribution in [2.45, 2.75) is 26.7 Å². The van der Waals surface area contributed by atoms with E-state index in [0.29, 0.717) is 30.9 Å². The standard InChI is InChI=1S/C15H21N5O/c1-3-15(4-2,11-16)14(21)19-12-6-7-13(17-10-12)20-9-5-8-18-20/h5-10H,3-4,11,16H2,1-2H3,(H,19,21). The van der Waals surface area contributed by atoms with E-state index in [1.54, 1.807) is 17.1 Å². The van der Waals surface area contributed by atoms with Crippen LogP contribution in [-0.4, -0.2) is 27.2 Å². The van der Waals surface area contributed by atoms with Crippen molar-refractivity contribution < 1.29 is 4.79 Å². The first kappa shape index (κ1) is 15.2. The minimum atomic E-state index is -0.513. The van der Waals surface area contributed by atoms with Crippen molar-refractivity contribution >= 4 is 11.6 Å². The zero-order valence-electron chi connectivity index (χ0n) is 12.4. The summed E-state index contributed by atoms with van der Waals surface area (Å²) in [4.78, 5) is 16.7. The van der Waals surface area contributed by atoms with Gasteiger partial charge in [0.15, 0.2) is 5.82 Å². The number of aromatic nitrogens is 3. The van der Waals surface area contributed by atoms with Crippen LogP contribution in [0, 0.1) is 5.41 Å². The second-order valence-electron chi connectivity index (χ2n) is 5.00. The van der Waals surface area contributed by atoms with Crippen molar-refractivity contribution in [3.05, 3.63) is 36.8 Å². The van der Waals surface area contributed by atoms with E-state index in [1.807, 2.05) is 38.2 Å². The van der Waals surface area contributed by atoms with Gasteiger partial charge in [-0.05, 0) is 31.0 Å². The van der Waals surface area contributed by atoms with E-state index in [0.717, 1.165) is 0 Å². The van der Waals surface area contributed by atoms with Crippen LogP contribution in [0.2, 0.25) is 0 Å². The number of carbonyl (C=O) groups is 1. The predicted molar refractivity (Wildman–Crippen MR) is 82.1 cm³/mol. The molecule has 6 nitrogen and oxygen atoms in total. The van der Waals surface area contributed by atoms with Crippen LogP contribution in [0.3, 0.4) is 0 Å². The number of hydrogen-bond donors (Lipinski definition) is 2. The van der Waals surface area contributed by atoms with Crippen molar-refractivity contribution in [1.29, 1.82) is 0 Å². The molecular formula is C15H21N5O. The monoisotopic (exact) mass is 287 g/mol. The number of nitrogens with zero attached hydrogens (tertiary/aromatic N) is 3. The first-order valence-corrected chi connectivity index (χ1v) is 7.13. The summed E-state index contributed by atoms with van der Waals surface area (Å²) in [6.45, 7) is 4.30. The average molecular weight is 287 g/mol. The molecule has 0 aliphatic rings. The van der Waals surface area contributed by atoms with Crippen molar-refractivity contribution in [3.63, 3.8) is 0 Å². The molecule has 0 unspecified atom stereocenters. The molecule has 0 bridgehead atoms. The molecule has 6 heteroatoms. The number of anilines is 1. The molecule has 1 amide bonds. The van der Waals surface area contributed by atoms with Gasteiger partial charge in [-0.15, -0.1) is 0 Å². The maximum absolute atomic E-state index is 12.4. The minimum absolute atomic E-state index is 0.0522. The van der Waals surface area contributed by atoms with E-state index in [1.165, 1.54) is 0 Å². The van der Waals surface area contributed by atoms with Gasteiger partial charge in [0.1, 0.15) is 0 Å². The second-order valence-corrected chi connectivity index (χ2v) is 5.00. The quantitative estimate of drug-likeness (QED) is 0.850. The Balaban J connectivity index is 2.11. The molecule has 2 rings (SSSR count). The van der Waals surface area contributed by atoms with Gasteiger partial charge in [-0.1, -0.05) is 13.8 Å². The van der Waals surface area contributed by atoms with Gasteiger partial charge >= 0.3 is 0 Å². The van der Waals surface area contributed by atoms with Crippen LogP contribution in [0.1, 0.15) is 26.7 Å². The second kappa shape index (κ2) is 6.49. The molecule has 0 atom stereocenters. The highest BCUT2D eigenvalue weighted by Crippen LogP contribution is 2.26. The van der Waals surface area contributed by atoms with E-state index in [2.05, 4.69) is 15.4 Å². The van der Waals surface area contributed by atoms with Crippen LogP contribution < -0.4 is 11.1 Å². The molecule has 0 aliphatic heterocycles. The maximum Gasteiger partial charge on any atom is 0.231 e. The fraction of sp³-hybridized carbons (Fsp3) is 0.400. The topological polar surface area (TPSA) is 85.8 Å².